The van der Waals surface area contributed by atoms with E-state index >= 15 is 0 Å². The van der Waals surface area contributed by atoms with E-state index in [0.29, 0.717) is 29.7 Å². The molecule has 2 amide bonds. The van der Waals surface area contributed by atoms with Crippen LogP contribution >= 0.6 is 0 Å². The van der Waals surface area contributed by atoms with E-state index in [1.54, 1.807) is 47.6 Å². The molecule has 0 unspecified atom stereocenters. The summed E-state index contributed by atoms with van der Waals surface area (Å²) in [7, 11) is 0. The summed E-state index contributed by atoms with van der Waals surface area (Å²) in [5.41, 5.74) is 2.31. The maximum atomic E-state index is 13.3. The molecule has 3 aromatic rings. The number of rotatable bonds is 4. The van der Waals surface area contributed by atoms with Crippen LogP contribution in [0.25, 0.3) is 11.0 Å². The van der Waals surface area contributed by atoms with Gasteiger partial charge in [0, 0.05) is 31.9 Å². The van der Waals surface area contributed by atoms with Gasteiger partial charge in [0.05, 0.1) is 17.1 Å². The van der Waals surface area contributed by atoms with E-state index < -0.39 is 0 Å². The third-order valence-corrected chi connectivity index (χ3v) is 4.56. The Morgan fingerprint density at radius 3 is 2.85 bits per heavy atom. The number of hydrogen-bond donors (Lipinski definition) is 1. The van der Waals surface area contributed by atoms with Crippen molar-refractivity contribution >= 4 is 22.8 Å². The predicted octanol–water partition coefficient (Wildman–Crippen LogP) is 2.30. The summed E-state index contributed by atoms with van der Waals surface area (Å²) in [6.45, 7) is 0.709. The maximum absolute atomic E-state index is 13.3. The Morgan fingerprint density at radius 2 is 2.00 bits per heavy atom. The molecule has 1 aliphatic heterocycles. The molecular formula is C20H17FN4O2. The van der Waals surface area contributed by atoms with Crippen LogP contribution in [0.1, 0.15) is 22.3 Å². The number of hydrogen-bond acceptors (Lipinski definition) is 4. The Labute approximate surface area is 155 Å². The van der Waals surface area contributed by atoms with Crippen LogP contribution in [-0.4, -0.2) is 39.3 Å². The first-order valence-electron chi connectivity index (χ1n) is 8.63. The van der Waals surface area contributed by atoms with Crippen molar-refractivity contribution in [3.63, 3.8) is 0 Å². The van der Waals surface area contributed by atoms with Crippen molar-refractivity contribution in [2.75, 3.05) is 6.54 Å². The number of benzene rings is 2. The zero-order valence-electron chi connectivity index (χ0n) is 14.4. The molecule has 1 aliphatic rings. The van der Waals surface area contributed by atoms with Gasteiger partial charge in [0.1, 0.15) is 11.3 Å². The second kappa shape index (κ2) is 7.11. The number of aromatic nitrogens is 2. The van der Waals surface area contributed by atoms with E-state index in [1.807, 2.05) is 0 Å². The van der Waals surface area contributed by atoms with Gasteiger partial charge in [-0.2, -0.15) is 0 Å². The van der Waals surface area contributed by atoms with E-state index in [-0.39, 0.29) is 30.1 Å². The highest BCUT2D eigenvalue weighted by atomic mass is 19.1. The summed E-state index contributed by atoms with van der Waals surface area (Å²) in [5.74, 6) is -0.685. The predicted molar refractivity (Wildman–Crippen MR) is 97.2 cm³/mol. The molecule has 1 N–H and O–H groups in total. The van der Waals surface area contributed by atoms with E-state index in [9.17, 15) is 14.0 Å². The molecule has 1 fully saturated rings. The van der Waals surface area contributed by atoms with Gasteiger partial charge in [-0.25, -0.2) is 4.39 Å². The van der Waals surface area contributed by atoms with Crippen molar-refractivity contribution in [3.8, 4) is 0 Å². The number of carbonyl (C=O) groups is 2. The molecular weight excluding hydrogens is 347 g/mol. The summed E-state index contributed by atoms with van der Waals surface area (Å²) >= 11 is 0. The molecule has 0 bridgehead atoms. The minimum absolute atomic E-state index is 0.0673. The summed E-state index contributed by atoms with van der Waals surface area (Å²) in [4.78, 5) is 35.0. The van der Waals surface area contributed by atoms with Gasteiger partial charge >= 0.3 is 0 Å². The van der Waals surface area contributed by atoms with Gasteiger partial charge in [0.2, 0.25) is 5.91 Å². The van der Waals surface area contributed by atoms with Crippen LogP contribution in [0.5, 0.6) is 0 Å². The second-order valence-electron chi connectivity index (χ2n) is 6.51. The van der Waals surface area contributed by atoms with Gasteiger partial charge in [-0.3, -0.25) is 19.6 Å². The average Bonchev–Trinajstić information content (AvgIpc) is 3.00. The molecule has 2 aromatic carbocycles. The minimum Gasteiger partial charge on any atom is -0.347 e. The topological polar surface area (TPSA) is 75.2 Å². The number of likely N-dealkylation sites (tertiary alicyclic amines) is 1. The Kier molecular flexibility index (Phi) is 4.50. The molecule has 0 radical (unpaired) electrons. The van der Waals surface area contributed by atoms with Gasteiger partial charge < -0.3 is 10.2 Å². The second-order valence-corrected chi connectivity index (χ2v) is 6.51. The highest BCUT2D eigenvalue weighted by Gasteiger charge is 2.31. The zero-order chi connectivity index (χ0) is 18.8. The molecule has 2 heterocycles. The van der Waals surface area contributed by atoms with Crippen LogP contribution in [0.3, 0.4) is 0 Å². The lowest BCUT2D eigenvalue weighted by Gasteiger charge is -2.17. The number of halogens is 1. The number of para-hydroxylation sites is 1. The lowest BCUT2D eigenvalue weighted by molar-refractivity contribution is -0.128. The molecule has 1 atom stereocenters. The molecule has 27 heavy (non-hydrogen) atoms. The van der Waals surface area contributed by atoms with Gasteiger partial charge in [-0.05, 0) is 29.8 Å². The van der Waals surface area contributed by atoms with Crippen LogP contribution in [0.2, 0.25) is 0 Å². The zero-order valence-corrected chi connectivity index (χ0v) is 14.4. The highest BCUT2D eigenvalue weighted by molar-refractivity contribution is 6.04. The summed E-state index contributed by atoms with van der Waals surface area (Å²) in [5, 5.41) is 2.90. The molecule has 4 rings (SSSR count). The molecule has 0 saturated carbocycles. The SMILES string of the molecule is O=C(N[C@H]1CC(=O)N(Cc2cccc(F)c2)C1)c1cccc2nccnc12. The van der Waals surface area contributed by atoms with Crippen LogP contribution in [-0.2, 0) is 11.3 Å². The highest BCUT2D eigenvalue weighted by Crippen LogP contribution is 2.18. The Morgan fingerprint density at radius 1 is 1.19 bits per heavy atom. The Bertz CT molecular complexity index is 1020. The standard InChI is InChI=1S/C20H17FN4O2/c21-14-4-1-3-13(9-14)11-25-12-15(10-18(25)26)24-20(27)16-5-2-6-17-19(16)23-8-7-22-17/h1-9,15H,10-12H2,(H,24,27)/t15-/m0/s1. The molecule has 6 nitrogen and oxygen atoms in total. The van der Waals surface area contributed by atoms with Crippen molar-refractivity contribution in [1.82, 2.24) is 20.2 Å². The fraction of sp³-hybridized carbons (Fsp3) is 0.200. The van der Waals surface area contributed by atoms with Crippen molar-refractivity contribution in [2.45, 2.75) is 19.0 Å². The van der Waals surface area contributed by atoms with Crippen LogP contribution in [0, 0.1) is 5.82 Å². The van der Waals surface area contributed by atoms with E-state index in [4.69, 9.17) is 0 Å². The van der Waals surface area contributed by atoms with Crippen molar-refractivity contribution in [1.29, 1.82) is 0 Å². The van der Waals surface area contributed by atoms with Crippen molar-refractivity contribution in [3.05, 3.63) is 71.8 Å². The Balaban J connectivity index is 1.45. The summed E-state index contributed by atoms with van der Waals surface area (Å²) in [6.07, 6.45) is 3.33. The van der Waals surface area contributed by atoms with Crippen LogP contribution in [0.4, 0.5) is 4.39 Å². The van der Waals surface area contributed by atoms with Gasteiger partial charge in [-0.1, -0.05) is 18.2 Å². The lowest BCUT2D eigenvalue weighted by atomic mass is 10.1. The lowest BCUT2D eigenvalue weighted by Crippen LogP contribution is -2.37. The van der Waals surface area contributed by atoms with Gasteiger partial charge in [0.15, 0.2) is 0 Å². The first kappa shape index (κ1) is 17.1. The quantitative estimate of drug-likeness (QED) is 0.771. The minimum atomic E-state index is -0.332. The fourth-order valence-electron chi connectivity index (χ4n) is 3.32. The molecule has 0 spiro atoms. The molecule has 136 valence electrons. The van der Waals surface area contributed by atoms with Gasteiger partial charge in [0.25, 0.3) is 5.91 Å². The smallest absolute Gasteiger partial charge is 0.253 e. The van der Waals surface area contributed by atoms with E-state index in [1.165, 1.54) is 12.1 Å². The average molecular weight is 364 g/mol. The third kappa shape index (κ3) is 3.62. The largest absolute Gasteiger partial charge is 0.347 e. The Hall–Kier alpha value is -3.35. The number of amides is 2. The van der Waals surface area contributed by atoms with E-state index in [0.717, 1.165) is 5.56 Å². The third-order valence-electron chi connectivity index (χ3n) is 4.56. The van der Waals surface area contributed by atoms with E-state index in [2.05, 4.69) is 15.3 Å². The number of carbonyl (C=O) groups excluding carboxylic acids is 2. The van der Waals surface area contributed by atoms with Crippen molar-refractivity contribution < 1.29 is 14.0 Å². The number of nitrogens with one attached hydrogen (secondary N) is 1. The monoisotopic (exact) mass is 364 g/mol. The molecule has 0 aliphatic carbocycles. The van der Waals surface area contributed by atoms with Crippen LogP contribution in [0.15, 0.2) is 54.9 Å². The van der Waals surface area contributed by atoms with Crippen LogP contribution < -0.4 is 5.32 Å². The number of nitrogens with zero attached hydrogens (tertiary/aromatic N) is 3. The molecule has 1 aromatic heterocycles. The number of fused-ring (bicyclic) bond motifs is 1. The normalized spacial score (nSPS) is 16.7. The maximum Gasteiger partial charge on any atom is 0.253 e. The first-order valence-corrected chi connectivity index (χ1v) is 8.63. The summed E-state index contributed by atoms with van der Waals surface area (Å²) in [6, 6.07) is 11.1. The molecule has 1 saturated heterocycles. The first-order chi connectivity index (χ1) is 13.1. The van der Waals surface area contributed by atoms with Gasteiger partial charge in [-0.15, -0.1) is 0 Å². The van der Waals surface area contributed by atoms with Crippen molar-refractivity contribution in [2.24, 2.45) is 0 Å². The fourth-order valence-corrected chi connectivity index (χ4v) is 3.32. The molecule has 7 heteroatoms. The summed E-state index contributed by atoms with van der Waals surface area (Å²) < 4.78 is 13.3.